The highest BCUT2D eigenvalue weighted by molar-refractivity contribution is 7.98. The second kappa shape index (κ2) is 11.6. The van der Waals surface area contributed by atoms with E-state index < -0.39 is 0 Å². The number of aryl methyl sites for hydroxylation is 1. The summed E-state index contributed by atoms with van der Waals surface area (Å²) in [7, 11) is 0. The summed E-state index contributed by atoms with van der Waals surface area (Å²) in [4.78, 5) is 20.4. The zero-order chi connectivity index (χ0) is 22.2. The molecule has 0 bridgehead atoms. The van der Waals surface area contributed by atoms with E-state index in [9.17, 15) is 4.79 Å². The molecule has 1 aliphatic heterocycles. The summed E-state index contributed by atoms with van der Waals surface area (Å²) in [5, 5.41) is 9.22. The van der Waals surface area contributed by atoms with Gasteiger partial charge >= 0.3 is 0 Å². The second-order valence-electron chi connectivity index (χ2n) is 8.25. The number of thiophene rings is 1. The number of nitrogens with one attached hydrogen (secondary N) is 1. The Hall–Kier alpha value is -2.16. The van der Waals surface area contributed by atoms with E-state index in [0.717, 1.165) is 55.3 Å². The number of piperidine rings is 1. The van der Waals surface area contributed by atoms with E-state index in [1.54, 1.807) is 11.3 Å². The lowest BCUT2D eigenvalue weighted by molar-refractivity contribution is -0.126. The monoisotopic (exact) mass is 470 g/mol. The molecule has 8 heteroatoms. The normalized spacial score (nSPS) is 16.8. The zero-order valence-electron chi connectivity index (χ0n) is 18.5. The van der Waals surface area contributed by atoms with Crippen LogP contribution in [-0.2, 0) is 17.1 Å². The first kappa shape index (κ1) is 23.0. The van der Waals surface area contributed by atoms with Gasteiger partial charge in [0, 0.05) is 18.8 Å². The van der Waals surface area contributed by atoms with Crippen LogP contribution < -0.4 is 5.32 Å². The topological polar surface area (TPSA) is 71.3 Å². The fraction of sp³-hybridized carbons (Fsp3) is 0.458. The largest absolute Gasteiger partial charge is 0.356 e. The highest BCUT2D eigenvalue weighted by Crippen LogP contribution is 2.23. The molecule has 1 fully saturated rings. The number of carbonyl (C=O) groups excluding carboxylic acids is 1. The van der Waals surface area contributed by atoms with Crippen LogP contribution in [0.5, 0.6) is 0 Å². The van der Waals surface area contributed by atoms with Gasteiger partial charge in [-0.3, -0.25) is 9.69 Å². The summed E-state index contributed by atoms with van der Waals surface area (Å²) >= 11 is 3.52. The van der Waals surface area contributed by atoms with Crippen molar-refractivity contribution >= 4 is 29.0 Å². The maximum absolute atomic E-state index is 12.7. The standard InChI is InChI=1S/C24H30N4O2S2/c1-18-6-2-7-19(14-18)17-31-12-5-10-25-24(29)20-8-3-11-28(15-20)16-22-26-23(27-30-22)21-9-4-13-32-21/h2,4,6-7,9,13-14,20H,3,5,8,10-12,15-17H2,1H3,(H,25,29). The summed E-state index contributed by atoms with van der Waals surface area (Å²) in [6.07, 6.45) is 2.94. The molecule has 0 radical (unpaired) electrons. The Morgan fingerprint density at radius 1 is 1.34 bits per heavy atom. The lowest BCUT2D eigenvalue weighted by Gasteiger charge is -2.30. The predicted molar refractivity (Wildman–Crippen MR) is 131 cm³/mol. The molecule has 4 rings (SSSR count). The average Bonchev–Trinajstić information content (AvgIpc) is 3.48. The van der Waals surface area contributed by atoms with Crippen LogP contribution >= 0.6 is 23.1 Å². The van der Waals surface area contributed by atoms with Crippen molar-refractivity contribution < 1.29 is 9.32 Å². The van der Waals surface area contributed by atoms with Gasteiger partial charge in [0.25, 0.3) is 0 Å². The highest BCUT2D eigenvalue weighted by Gasteiger charge is 2.26. The molecule has 0 saturated carbocycles. The first-order valence-electron chi connectivity index (χ1n) is 11.2. The molecule has 0 spiro atoms. The van der Waals surface area contributed by atoms with Gasteiger partial charge in [-0.05, 0) is 55.5 Å². The molecule has 1 aromatic carbocycles. The highest BCUT2D eigenvalue weighted by atomic mass is 32.2. The third-order valence-electron chi connectivity index (χ3n) is 5.56. The molecule has 2 aromatic heterocycles. The Morgan fingerprint density at radius 3 is 3.12 bits per heavy atom. The summed E-state index contributed by atoms with van der Waals surface area (Å²) in [5.41, 5.74) is 2.67. The molecule has 170 valence electrons. The molecule has 6 nitrogen and oxygen atoms in total. The van der Waals surface area contributed by atoms with Gasteiger partial charge in [0.1, 0.15) is 0 Å². The molecule has 1 N–H and O–H groups in total. The van der Waals surface area contributed by atoms with Crippen molar-refractivity contribution in [2.45, 2.75) is 38.5 Å². The minimum Gasteiger partial charge on any atom is -0.356 e. The average molecular weight is 471 g/mol. The van der Waals surface area contributed by atoms with Crippen molar-refractivity contribution in [3.05, 3.63) is 58.8 Å². The van der Waals surface area contributed by atoms with E-state index >= 15 is 0 Å². The lowest BCUT2D eigenvalue weighted by Crippen LogP contribution is -2.43. The maximum Gasteiger partial charge on any atom is 0.241 e. The molecule has 0 aliphatic carbocycles. The molecular weight excluding hydrogens is 440 g/mol. The van der Waals surface area contributed by atoms with Crippen LogP contribution in [0.15, 0.2) is 46.3 Å². The number of rotatable bonds is 10. The van der Waals surface area contributed by atoms with Gasteiger partial charge in [-0.15, -0.1) is 11.3 Å². The number of thioether (sulfide) groups is 1. The third kappa shape index (κ3) is 6.67. The number of hydrogen-bond donors (Lipinski definition) is 1. The number of amides is 1. The first-order chi connectivity index (χ1) is 15.7. The van der Waals surface area contributed by atoms with Gasteiger partial charge in [0.15, 0.2) is 0 Å². The third-order valence-corrected chi connectivity index (χ3v) is 7.54. The molecule has 3 heterocycles. The van der Waals surface area contributed by atoms with Crippen molar-refractivity contribution in [2.24, 2.45) is 5.92 Å². The lowest BCUT2D eigenvalue weighted by atomic mass is 9.97. The van der Waals surface area contributed by atoms with Gasteiger partial charge in [-0.2, -0.15) is 16.7 Å². The van der Waals surface area contributed by atoms with E-state index in [0.29, 0.717) is 18.3 Å². The van der Waals surface area contributed by atoms with Crippen molar-refractivity contribution in [1.82, 2.24) is 20.4 Å². The number of benzene rings is 1. The Balaban J connectivity index is 1.14. The van der Waals surface area contributed by atoms with Crippen LogP contribution in [0.1, 0.15) is 36.3 Å². The molecule has 1 saturated heterocycles. The molecule has 32 heavy (non-hydrogen) atoms. The predicted octanol–water partition coefficient (Wildman–Crippen LogP) is 4.76. The molecule has 1 atom stereocenters. The maximum atomic E-state index is 12.7. The van der Waals surface area contributed by atoms with E-state index in [-0.39, 0.29) is 11.8 Å². The fourth-order valence-electron chi connectivity index (χ4n) is 3.95. The van der Waals surface area contributed by atoms with E-state index in [1.807, 2.05) is 29.3 Å². The van der Waals surface area contributed by atoms with Crippen molar-refractivity contribution in [2.75, 3.05) is 25.4 Å². The Morgan fingerprint density at radius 2 is 2.28 bits per heavy atom. The van der Waals surface area contributed by atoms with Crippen LogP contribution in [0.3, 0.4) is 0 Å². The summed E-state index contributed by atoms with van der Waals surface area (Å²) < 4.78 is 5.43. The number of nitrogens with zero attached hydrogens (tertiary/aromatic N) is 3. The molecule has 3 aromatic rings. The molecular formula is C24H30N4O2S2. The summed E-state index contributed by atoms with van der Waals surface area (Å²) in [6.45, 7) is 5.16. The SMILES string of the molecule is Cc1cccc(CSCCCNC(=O)C2CCCN(Cc3nc(-c4cccs4)no3)C2)c1. The zero-order valence-corrected chi connectivity index (χ0v) is 20.1. The number of hydrogen-bond acceptors (Lipinski definition) is 7. The number of aromatic nitrogens is 2. The van der Waals surface area contributed by atoms with Crippen LogP contribution in [0.4, 0.5) is 0 Å². The summed E-state index contributed by atoms with van der Waals surface area (Å²) in [5.74, 6) is 3.53. The molecule has 1 unspecified atom stereocenters. The molecule has 1 aliphatic rings. The van der Waals surface area contributed by atoms with Crippen molar-refractivity contribution in [1.29, 1.82) is 0 Å². The van der Waals surface area contributed by atoms with Crippen LogP contribution in [0.25, 0.3) is 10.7 Å². The number of carbonyl (C=O) groups is 1. The van der Waals surface area contributed by atoms with Gasteiger partial charge in [0.2, 0.25) is 17.6 Å². The van der Waals surface area contributed by atoms with Gasteiger partial charge in [-0.1, -0.05) is 41.1 Å². The van der Waals surface area contributed by atoms with E-state index in [2.05, 4.69) is 51.5 Å². The van der Waals surface area contributed by atoms with Crippen LogP contribution in [0, 0.1) is 12.8 Å². The van der Waals surface area contributed by atoms with Gasteiger partial charge < -0.3 is 9.84 Å². The Bertz CT molecular complexity index is 990. The molecule has 1 amide bonds. The first-order valence-corrected chi connectivity index (χ1v) is 13.2. The van der Waals surface area contributed by atoms with E-state index in [1.165, 1.54) is 11.1 Å². The minimum absolute atomic E-state index is 0.0309. The smallest absolute Gasteiger partial charge is 0.241 e. The van der Waals surface area contributed by atoms with Crippen molar-refractivity contribution in [3.8, 4) is 10.7 Å². The van der Waals surface area contributed by atoms with Crippen molar-refractivity contribution in [3.63, 3.8) is 0 Å². The van der Waals surface area contributed by atoms with Gasteiger partial charge in [0.05, 0.1) is 17.3 Å². The minimum atomic E-state index is 0.0309. The Labute approximate surface area is 197 Å². The van der Waals surface area contributed by atoms with Crippen LogP contribution in [-0.4, -0.2) is 46.3 Å². The number of likely N-dealkylation sites (tertiary alicyclic amines) is 1. The fourth-order valence-corrected chi connectivity index (χ4v) is 5.51. The van der Waals surface area contributed by atoms with Gasteiger partial charge in [-0.25, -0.2) is 0 Å². The quantitative estimate of drug-likeness (QED) is 0.431. The second-order valence-corrected chi connectivity index (χ2v) is 10.3. The summed E-state index contributed by atoms with van der Waals surface area (Å²) in [6, 6.07) is 12.6. The Kier molecular flexibility index (Phi) is 8.36. The van der Waals surface area contributed by atoms with E-state index in [4.69, 9.17) is 4.52 Å². The van der Waals surface area contributed by atoms with Crippen LogP contribution in [0.2, 0.25) is 0 Å².